The van der Waals surface area contributed by atoms with Gasteiger partial charge in [-0.05, 0) is 0 Å². The van der Waals surface area contributed by atoms with Crippen LogP contribution in [0.15, 0.2) is 0 Å². The van der Waals surface area contributed by atoms with Gasteiger partial charge in [-0.3, -0.25) is 4.79 Å². The first-order valence-electron chi connectivity index (χ1n) is 1.79. The number of halogens is 1. The van der Waals surface area contributed by atoms with Crippen LogP contribution in [0.5, 0.6) is 0 Å². The zero-order chi connectivity index (χ0) is 6.41. The van der Waals surface area contributed by atoms with Crippen molar-refractivity contribution in [1.29, 1.82) is 0 Å². The Balaban J connectivity index is 2.82. The number of hydrogen-bond acceptors (Lipinski definition) is 3. The van der Waals surface area contributed by atoms with E-state index in [-0.39, 0.29) is 5.75 Å². The molecule has 0 bridgehead atoms. The van der Waals surface area contributed by atoms with E-state index < -0.39 is 5.97 Å². The molecule has 0 aliphatic rings. The minimum atomic E-state index is -0.799. The van der Waals surface area contributed by atoms with Crippen molar-refractivity contribution in [2.75, 3.05) is 11.0 Å². The van der Waals surface area contributed by atoms with E-state index in [1.165, 1.54) is 21.6 Å². The molecule has 0 amide bonds. The second kappa shape index (κ2) is 5.59. The van der Waals surface area contributed by atoms with Crippen LogP contribution < -0.4 is 0 Å². The third-order valence-electron chi connectivity index (χ3n) is 0.310. The summed E-state index contributed by atoms with van der Waals surface area (Å²) in [6.07, 6.45) is 0. The van der Waals surface area contributed by atoms with E-state index in [9.17, 15) is 4.79 Å². The van der Waals surface area contributed by atoms with Crippen molar-refractivity contribution in [3.63, 3.8) is 0 Å². The summed E-state index contributed by atoms with van der Waals surface area (Å²) < 4.78 is 0. The average Bonchev–Trinajstić information content (AvgIpc) is 1.66. The number of carboxylic acid groups (broad SMARTS) is 1. The molecule has 5 heteroatoms. The topological polar surface area (TPSA) is 37.3 Å². The van der Waals surface area contributed by atoms with Crippen LogP contribution in [0, 0.1) is 0 Å². The van der Waals surface area contributed by atoms with Crippen LogP contribution in [0.3, 0.4) is 0 Å². The zero-order valence-corrected chi connectivity index (χ0v) is 6.35. The summed E-state index contributed by atoms with van der Waals surface area (Å²) in [6.45, 7) is 0. The maximum Gasteiger partial charge on any atom is 0.314 e. The first-order valence-corrected chi connectivity index (χ1v) is 4.82. The number of alkyl halides is 1. The SMILES string of the molecule is O=C(O)CSSCCl. The van der Waals surface area contributed by atoms with Gasteiger partial charge in [-0.25, -0.2) is 0 Å². The lowest BCUT2D eigenvalue weighted by molar-refractivity contribution is -0.133. The van der Waals surface area contributed by atoms with Gasteiger partial charge < -0.3 is 5.11 Å². The molecule has 0 aromatic heterocycles. The Morgan fingerprint density at radius 2 is 2.25 bits per heavy atom. The van der Waals surface area contributed by atoms with Crippen molar-refractivity contribution in [3.8, 4) is 0 Å². The lowest BCUT2D eigenvalue weighted by Gasteiger charge is -1.88. The Bertz CT molecular complexity index is 77.7. The molecule has 1 N–H and O–H groups in total. The number of rotatable bonds is 4. The molecule has 0 heterocycles. The fourth-order valence-corrected chi connectivity index (χ4v) is 1.68. The molecule has 48 valence electrons. The highest BCUT2D eigenvalue weighted by Crippen LogP contribution is 2.21. The minimum Gasteiger partial charge on any atom is -0.481 e. The van der Waals surface area contributed by atoms with Crippen molar-refractivity contribution >= 4 is 39.2 Å². The highest BCUT2D eigenvalue weighted by molar-refractivity contribution is 8.77. The summed E-state index contributed by atoms with van der Waals surface area (Å²) in [5, 5.41) is 8.51. The standard InChI is InChI=1S/C3H5ClO2S2/c4-2-8-7-1-3(5)6/h1-2H2,(H,5,6). The molecule has 2 nitrogen and oxygen atoms in total. The highest BCUT2D eigenvalue weighted by atomic mass is 35.5. The first kappa shape index (κ1) is 8.46. The molecule has 0 aromatic carbocycles. The molecule has 0 aliphatic carbocycles. The van der Waals surface area contributed by atoms with Crippen LogP contribution in [-0.4, -0.2) is 22.0 Å². The van der Waals surface area contributed by atoms with E-state index in [1.54, 1.807) is 0 Å². The highest BCUT2D eigenvalue weighted by Gasteiger charge is 1.94. The number of carboxylic acids is 1. The van der Waals surface area contributed by atoms with Gasteiger partial charge in [-0.15, -0.1) is 11.6 Å². The molecule has 0 fully saturated rings. The van der Waals surface area contributed by atoms with Crippen molar-refractivity contribution < 1.29 is 9.90 Å². The zero-order valence-electron chi connectivity index (χ0n) is 3.96. The van der Waals surface area contributed by atoms with E-state index >= 15 is 0 Å². The van der Waals surface area contributed by atoms with Crippen LogP contribution in [0.4, 0.5) is 0 Å². The molecule has 0 aliphatic heterocycles. The van der Waals surface area contributed by atoms with E-state index in [4.69, 9.17) is 16.7 Å². The summed E-state index contributed by atoms with van der Waals surface area (Å²) in [5.41, 5.74) is 0. The maximum atomic E-state index is 9.80. The quantitative estimate of drug-likeness (QED) is 0.398. The van der Waals surface area contributed by atoms with Crippen molar-refractivity contribution in [3.05, 3.63) is 0 Å². The largest absolute Gasteiger partial charge is 0.481 e. The Kier molecular flexibility index (Phi) is 5.92. The first-order chi connectivity index (χ1) is 3.77. The molecule has 0 atom stereocenters. The molecule has 0 saturated carbocycles. The Labute approximate surface area is 60.4 Å². The summed E-state index contributed by atoms with van der Waals surface area (Å²) in [6, 6.07) is 0. The Morgan fingerprint density at radius 3 is 2.62 bits per heavy atom. The lowest BCUT2D eigenvalue weighted by atomic mass is 10.8. The molecule has 0 saturated heterocycles. The van der Waals surface area contributed by atoms with Gasteiger partial charge in [0.15, 0.2) is 0 Å². The Hall–Kier alpha value is 0.460. The van der Waals surface area contributed by atoms with Crippen LogP contribution in [0.25, 0.3) is 0 Å². The fraction of sp³-hybridized carbons (Fsp3) is 0.667. The average molecular weight is 173 g/mol. The maximum absolute atomic E-state index is 9.80. The number of hydrogen-bond donors (Lipinski definition) is 1. The molecular weight excluding hydrogens is 168 g/mol. The minimum absolute atomic E-state index is 0.122. The summed E-state index contributed by atoms with van der Waals surface area (Å²) in [7, 11) is 2.58. The van der Waals surface area contributed by atoms with E-state index in [0.717, 1.165) is 0 Å². The molecule has 0 spiro atoms. The third-order valence-corrected chi connectivity index (χ3v) is 2.85. The molecular formula is C3H5ClO2S2. The van der Waals surface area contributed by atoms with Crippen LogP contribution in [0.2, 0.25) is 0 Å². The van der Waals surface area contributed by atoms with Crippen molar-refractivity contribution in [2.24, 2.45) is 0 Å². The van der Waals surface area contributed by atoms with Crippen LogP contribution >= 0.6 is 33.2 Å². The van der Waals surface area contributed by atoms with Gasteiger partial charge >= 0.3 is 5.97 Å². The second-order valence-electron chi connectivity index (χ2n) is 0.883. The van der Waals surface area contributed by atoms with Gasteiger partial charge in [-0.2, -0.15) is 0 Å². The predicted molar refractivity (Wildman–Crippen MR) is 38.4 cm³/mol. The van der Waals surface area contributed by atoms with Gasteiger partial charge in [0.05, 0.1) is 5.21 Å². The summed E-state index contributed by atoms with van der Waals surface area (Å²) in [4.78, 5) is 9.80. The number of carbonyl (C=O) groups is 1. The van der Waals surface area contributed by atoms with Gasteiger partial charge in [0.1, 0.15) is 5.75 Å². The van der Waals surface area contributed by atoms with E-state index in [0.29, 0.717) is 5.21 Å². The van der Waals surface area contributed by atoms with Crippen LogP contribution in [-0.2, 0) is 4.79 Å². The predicted octanol–water partition coefficient (Wildman–Crippen LogP) is 1.65. The van der Waals surface area contributed by atoms with Gasteiger partial charge in [-0.1, -0.05) is 21.6 Å². The molecule has 0 aromatic rings. The van der Waals surface area contributed by atoms with Gasteiger partial charge in [0, 0.05) is 0 Å². The smallest absolute Gasteiger partial charge is 0.314 e. The van der Waals surface area contributed by atoms with Gasteiger partial charge in [0.25, 0.3) is 0 Å². The number of aliphatic carboxylic acids is 1. The second-order valence-corrected chi connectivity index (χ2v) is 3.93. The van der Waals surface area contributed by atoms with Gasteiger partial charge in [0.2, 0.25) is 0 Å². The summed E-state index contributed by atoms with van der Waals surface area (Å²) in [5.74, 6) is -0.676. The lowest BCUT2D eigenvalue weighted by Crippen LogP contribution is -1.95. The van der Waals surface area contributed by atoms with E-state index in [2.05, 4.69) is 0 Å². The summed E-state index contributed by atoms with van der Waals surface area (Å²) >= 11 is 5.23. The molecule has 0 unspecified atom stereocenters. The van der Waals surface area contributed by atoms with Crippen LogP contribution in [0.1, 0.15) is 0 Å². The Morgan fingerprint density at radius 1 is 1.62 bits per heavy atom. The molecule has 0 rings (SSSR count). The van der Waals surface area contributed by atoms with E-state index in [1.807, 2.05) is 0 Å². The monoisotopic (exact) mass is 172 g/mol. The fourth-order valence-electron chi connectivity index (χ4n) is 0.124. The van der Waals surface area contributed by atoms with Crippen molar-refractivity contribution in [2.45, 2.75) is 0 Å². The van der Waals surface area contributed by atoms with Crippen molar-refractivity contribution in [1.82, 2.24) is 0 Å². The molecule has 0 radical (unpaired) electrons. The molecule has 8 heavy (non-hydrogen) atoms. The third kappa shape index (κ3) is 6.46. The normalized spacial score (nSPS) is 9.12.